The van der Waals surface area contributed by atoms with E-state index in [0.29, 0.717) is 5.56 Å². The second-order valence-electron chi connectivity index (χ2n) is 5.43. The Morgan fingerprint density at radius 1 is 1.08 bits per heavy atom. The lowest BCUT2D eigenvalue weighted by molar-refractivity contribution is 0.310. The van der Waals surface area contributed by atoms with Gasteiger partial charge in [0.2, 0.25) is 0 Å². The van der Waals surface area contributed by atoms with Crippen molar-refractivity contribution in [1.29, 1.82) is 0 Å². The van der Waals surface area contributed by atoms with Gasteiger partial charge in [0.05, 0.1) is 17.9 Å². The monoisotopic (exact) mass is 434 g/mol. The summed E-state index contributed by atoms with van der Waals surface area (Å²) in [6.45, 7) is 0.745. The summed E-state index contributed by atoms with van der Waals surface area (Å²) in [5.74, 6) is 0.993. The van der Waals surface area contributed by atoms with Crippen LogP contribution >= 0.6 is 22.6 Å². The van der Waals surface area contributed by atoms with E-state index < -0.39 is 0 Å². The van der Waals surface area contributed by atoms with E-state index in [0.717, 1.165) is 39.8 Å². The van der Waals surface area contributed by atoms with Crippen LogP contribution in [0.4, 0.5) is 5.69 Å². The number of benzene rings is 2. The molecule has 5 heteroatoms. The molecule has 2 N–H and O–H groups in total. The number of unbranched alkanes of at least 4 members (excludes halogenated alkanes) is 1. The van der Waals surface area contributed by atoms with Crippen LogP contribution in [0.3, 0.4) is 0 Å². The molecule has 0 aliphatic rings. The minimum Gasteiger partial charge on any atom is -0.494 e. The number of hydrogen-bond acceptors (Lipinski definition) is 3. The molecule has 0 unspecified atom stereocenters. The van der Waals surface area contributed by atoms with E-state index in [2.05, 4.69) is 32.6 Å². The molecule has 0 radical (unpaired) electrons. The lowest BCUT2D eigenvalue weighted by Crippen LogP contribution is -1.96. The third-order valence-corrected chi connectivity index (χ3v) is 4.46. The second-order valence-corrected chi connectivity index (χ2v) is 6.51. The van der Waals surface area contributed by atoms with Gasteiger partial charge in [-0.3, -0.25) is 4.99 Å². The molecule has 3 aromatic rings. The molecule has 0 aliphatic carbocycles. The number of aromatic amines is 1. The van der Waals surface area contributed by atoms with Crippen LogP contribution in [0, 0.1) is 0 Å². The first-order chi connectivity index (χ1) is 11.8. The average Bonchev–Trinajstić information content (AvgIpc) is 2.93. The van der Waals surface area contributed by atoms with Crippen molar-refractivity contribution < 1.29 is 9.84 Å². The molecular formula is C19H19IN2O2. The number of halogens is 1. The zero-order valence-corrected chi connectivity index (χ0v) is 15.4. The summed E-state index contributed by atoms with van der Waals surface area (Å²) >= 11 is 2.38. The number of ether oxygens (including phenoxy) is 1. The topological polar surface area (TPSA) is 57.6 Å². The number of aromatic nitrogens is 1. The molecule has 1 aromatic heterocycles. The van der Waals surface area contributed by atoms with E-state index in [1.165, 1.54) is 6.42 Å². The zero-order chi connectivity index (χ0) is 16.8. The summed E-state index contributed by atoms with van der Waals surface area (Å²) < 4.78 is 6.85. The Morgan fingerprint density at radius 2 is 1.88 bits per heavy atom. The molecule has 24 heavy (non-hydrogen) atoms. The summed E-state index contributed by atoms with van der Waals surface area (Å²) in [6.07, 6.45) is 3.93. The van der Waals surface area contributed by atoms with E-state index >= 15 is 0 Å². The molecule has 0 atom stereocenters. The number of nitrogens with one attached hydrogen (secondary N) is 1. The van der Waals surface area contributed by atoms with Gasteiger partial charge in [-0.05, 0) is 47.6 Å². The van der Waals surface area contributed by atoms with E-state index in [1.807, 2.05) is 48.5 Å². The maximum atomic E-state index is 10.0. The number of aromatic hydroxyl groups is 1. The number of nitrogens with zero attached hydrogens (tertiary/aromatic N) is 1. The van der Waals surface area contributed by atoms with Crippen LogP contribution in [0.25, 0.3) is 10.9 Å². The Balaban J connectivity index is 1.69. The number of hydrogen-bond donors (Lipinski definition) is 2. The van der Waals surface area contributed by atoms with Gasteiger partial charge in [-0.15, -0.1) is 0 Å². The number of aliphatic imine (C=N–C) groups is 1. The van der Waals surface area contributed by atoms with Crippen LogP contribution in [0.2, 0.25) is 0 Å². The minimum atomic E-state index is 0.134. The largest absolute Gasteiger partial charge is 0.494 e. The predicted molar refractivity (Wildman–Crippen MR) is 107 cm³/mol. The number of rotatable bonds is 7. The third kappa shape index (κ3) is 4.08. The van der Waals surface area contributed by atoms with Gasteiger partial charge in [-0.2, -0.15) is 0 Å². The van der Waals surface area contributed by atoms with Crippen LogP contribution in [0.5, 0.6) is 11.6 Å². The molecule has 0 bridgehead atoms. The van der Waals surface area contributed by atoms with Crippen LogP contribution in [-0.4, -0.2) is 27.3 Å². The van der Waals surface area contributed by atoms with Crippen molar-refractivity contribution in [3.8, 4) is 11.6 Å². The smallest absolute Gasteiger partial charge is 0.198 e. The first-order valence-corrected chi connectivity index (χ1v) is 9.43. The van der Waals surface area contributed by atoms with Crippen molar-refractivity contribution in [2.75, 3.05) is 11.0 Å². The molecule has 0 amide bonds. The van der Waals surface area contributed by atoms with E-state index in [-0.39, 0.29) is 5.88 Å². The molecule has 4 nitrogen and oxygen atoms in total. The number of para-hydroxylation sites is 1. The molecule has 0 aliphatic heterocycles. The van der Waals surface area contributed by atoms with E-state index in [1.54, 1.807) is 6.21 Å². The normalized spacial score (nSPS) is 11.4. The fourth-order valence-corrected chi connectivity index (χ4v) is 2.97. The predicted octanol–water partition coefficient (Wildman–Crippen LogP) is 5.22. The maximum Gasteiger partial charge on any atom is 0.198 e. The van der Waals surface area contributed by atoms with Crippen molar-refractivity contribution in [2.45, 2.75) is 12.8 Å². The Bertz CT molecular complexity index is 825. The first-order valence-electron chi connectivity index (χ1n) is 7.90. The van der Waals surface area contributed by atoms with E-state index in [9.17, 15) is 5.11 Å². The van der Waals surface area contributed by atoms with Crippen molar-refractivity contribution in [2.24, 2.45) is 4.99 Å². The molecule has 0 saturated carbocycles. The van der Waals surface area contributed by atoms with Crippen molar-refractivity contribution in [1.82, 2.24) is 4.98 Å². The van der Waals surface area contributed by atoms with Gasteiger partial charge in [0.1, 0.15) is 5.75 Å². The number of alkyl halides is 1. The van der Waals surface area contributed by atoms with Crippen LogP contribution in [0.15, 0.2) is 53.5 Å². The highest BCUT2D eigenvalue weighted by molar-refractivity contribution is 14.1. The van der Waals surface area contributed by atoms with Gasteiger partial charge in [-0.25, -0.2) is 0 Å². The zero-order valence-electron chi connectivity index (χ0n) is 13.2. The molecule has 0 saturated heterocycles. The second kappa shape index (κ2) is 8.19. The van der Waals surface area contributed by atoms with Gasteiger partial charge >= 0.3 is 0 Å². The molecule has 1 heterocycles. The van der Waals surface area contributed by atoms with Gasteiger partial charge in [0.25, 0.3) is 0 Å². The lowest BCUT2D eigenvalue weighted by Gasteiger charge is -2.05. The Morgan fingerprint density at radius 3 is 2.67 bits per heavy atom. The highest BCUT2D eigenvalue weighted by Gasteiger charge is 2.07. The fraction of sp³-hybridized carbons (Fsp3) is 0.211. The molecule has 0 fully saturated rings. The van der Waals surface area contributed by atoms with Crippen molar-refractivity contribution in [3.63, 3.8) is 0 Å². The summed E-state index contributed by atoms with van der Waals surface area (Å²) in [7, 11) is 0. The average molecular weight is 434 g/mol. The summed E-state index contributed by atoms with van der Waals surface area (Å²) in [6, 6.07) is 15.4. The highest BCUT2D eigenvalue weighted by Crippen LogP contribution is 2.26. The molecule has 0 spiro atoms. The van der Waals surface area contributed by atoms with Gasteiger partial charge in [0, 0.05) is 17.1 Å². The quantitative estimate of drug-likeness (QED) is 0.232. The molecule has 3 rings (SSSR count). The summed E-state index contributed by atoms with van der Waals surface area (Å²) in [5, 5.41) is 11.0. The molecule has 2 aromatic carbocycles. The first kappa shape index (κ1) is 16.8. The van der Waals surface area contributed by atoms with Crippen molar-refractivity contribution in [3.05, 3.63) is 54.1 Å². The SMILES string of the molecule is Oc1[nH]c2ccccc2c1C=Nc1ccc(OCCCCI)cc1. The Hall–Kier alpha value is -2.02. The fourth-order valence-electron chi connectivity index (χ4n) is 2.43. The van der Waals surface area contributed by atoms with Gasteiger partial charge < -0.3 is 14.8 Å². The van der Waals surface area contributed by atoms with Gasteiger partial charge in [0.15, 0.2) is 5.88 Å². The Labute approximate surface area is 154 Å². The summed E-state index contributed by atoms with van der Waals surface area (Å²) in [4.78, 5) is 7.40. The third-order valence-electron chi connectivity index (χ3n) is 3.70. The van der Waals surface area contributed by atoms with Crippen molar-refractivity contribution >= 4 is 45.4 Å². The van der Waals surface area contributed by atoms with Crippen LogP contribution < -0.4 is 4.74 Å². The lowest BCUT2D eigenvalue weighted by atomic mass is 10.2. The Kier molecular flexibility index (Phi) is 5.74. The van der Waals surface area contributed by atoms with Crippen LogP contribution in [0.1, 0.15) is 18.4 Å². The maximum absolute atomic E-state index is 10.0. The van der Waals surface area contributed by atoms with Gasteiger partial charge in [-0.1, -0.05) is 40.8 Å². The molecular weight excluding hydrogens is 415 g/mol. The summed E-state index contributed by atoms with van der Waals surface area (Å²) in [5.41, 5.74) is 2.41. The minimum absolute atomic E-state index is 0.134. The molecule has 124 valence electrons. The standard InChI is InChI=1S/C19H19IN2O2/c20-11-3-4-12-24-15-9-7-14(8-10-15)21-13-17-16-5-1-2-6-18(16)22-19(17)23/h1-2,5-10,13,22-23H,3-4,11-12H2. The number of fused-ring (bicyclic) bond motifs is 1. The highest BCUT2D eigenvalue weighted by atomic mass is 127. The van der Waals surface area contributed by atoms with E-state index in [4.69, 9.17) is 4.74 Å². The van der Waals surface area contributed by atoms with Crippen LogP contribution in [-0.2, 0) is 0 Å². The number of H-pyrrole nitrogens is 1.